The van der Waals surface area contributed by atoms with E-state index in [9.17, 15) is 14.7 Å². The summed E-state index contributed by atoms with van der Waals surface area (Å²) < 4.78 is 0. The summed E-state index contributed by atoms with van der Waals surface area (Å²) in [5, 5.41) is 17.6. The van der Waals surface area contributed by atoms with Crippen molar-refractivity contribution in [3.05, 3.63) is 23.8 Å². The van der Waals surface area contributed by atoms with Crippen molar-refractivity contribution in [2.75, 3.05) is 5.73 Å². The van der Waals surface area contributed by atoms with Gasteiger partial charge in [0, 0.05) is 12.0 Å². The van der Waals surface area contributed by atoms with Crippen LogP contribution < -0.4 is 5.73 Å². The van der Waals surface area contributed by atoms with E-state index in [4.69, 9.17) is 10.8 Å². The van der Waals surface area contributed by atoms with Crippen LogP contribution in [0.2, 0.25) is 0 Å². The number of aromatic hydroxyl groups is 1. The number of hydrogen-bond donors (Lipinski definition) is 3. The van der Waals surface area contributed by atoms with Crippen molar-refractivity contribution in [2.24, 2.45) is 0 Å². The van der Waals surface area contributed by atoms with Crippen LogP contribution in [-0.4, -0.2) is 22.0 Å². The van der Waals surface area contributed by atoms with Gasteiger partial charge in [0.15, 0.2) is 5.78 Å². The molecule has 0 amide bonds. The molecule has 0 saturated carbocycles. The Bertz CT molecular complexity index is 400. The second-order valence-electron chi connectivity index (χ2n) is 3.06. The van der Waals surface area contributed by atoms with Gasteiger partial charge in [-0.2, -0.15) is 0 Å². The van der Waals surface area contributed by atoms with Crippen LogP contribution in [-0.2, 0) is 4.79 Å². The van der Waals surface area contributed by atoms with Gasteiger partial charge < -0.3 is 15.9 Å². The third-order valence-corrected chi connectivity index (χ3v) is 1.95. The first-order valence-corrected chi connectivity index (χ1v) is 4.35. The third kappa shape index (κ3) is 2.70. The van der Waals surface area contributed by atoms with Crippen molar-refractivity contribution in [2.45, 2.75) is 12.8 Å². The first-order valence-electron chi connectivity index (χ1n) is 4.35. The molecule has 0 unspecified atom stereocenters. The molecule has 80 valence electrons. The zero-order valence-corrected chi connectivity index (χ0v) is 7.93. The molecule has 0 aliphatic carbocycles. The van der Waals surface area contributed by atoms with Crippen LogP contribution in [0.25, 0.3) is 0 Å². The molecule has 0 heterocycles. The molecular weight excluding hydrogens is 198 g/mol. The van der Waals surface area contributed by atoms with Crippen molar-refractivity contribution in [3.63, 3.8) is 0 Å². The summed E-state index contributed by atoms with van der Waals surface area (Å²) in [5.41, 5.74) is 5.63. The maximum Gasteiger partial charge on any atom is 0.303 e. The van der Waals surface area contributed by atoms with Gasteiger partial charge in [0.2, 0.25) is 0 Å². The maximum absolute atomic E-state index is 11.5. The van der Waals surface area contributed by atoms with Crippen molar-refractivity contribution in [1.29, 1.82) is 0 Å². The summed E-state index contributed by atoms with van der Waals surface area (Å²) in [7, 11) is 0. The van der Waals surface area contributed by atoms with Gasteiger partial charge in [-0.3, -0.25) is 9.59 Å². The number of nitrogens with two attached hydrogens (primary N) is 1. The van der Waals surface area contributed by atoms with E-state index < -0.39 is 5.97 Å². The van der Waals surface area contributed by atoms with E-state index in [0.29, 0.717) is 0 Å². The zero-order chi connectivity index (χ0) is 11.4. The SMILES string of the molecule is Nc1c(O)cccc1C(=O)CCC(=O)O. The number of carbonyl (C=O) groups is 2. The van der Waals surface area contributed by atoms with Gasteiger partial charge >= 0.3 is 5.97 Å². The second kappa shape index (κ2) is 4.45. The Morgan fingerprint density at radius 3 is 2.53 bits per heavy atom. The molecule has 4 N–H and O–H groups in total. The molecule has 1 aromatic rings. The average molecular weight is 209 g/mol. The fourth-order valence-corrected chi connectivity index (χ4v) is 1.15. The summed E-state index contributed by atoms with van der Waals surface area (Å²) in [5.74, 6) is -1.59. The molecule has 0 aliphatic rings. The van der Waals surface area contributed by atoms with Gasteiger partial charge in [-0.05, 0) is 12.1 Å². The number of aliphatic carboxylic acids is 1. The Hall–Kier alpha value is -2.04. The number of nitrogen functional groups attached to an aromatic ring is 1. The number of phenols is 1. The number of ketones is 1. The number of carbonyl (C=O) groups excluding carboxylic acids is 1. The number of phenolic OH excluding ortho intramolecular Hbond substituents is 1. The normalized spacial score (nSPS) is 9.87. The van der Waals surface area contributed by atoms with Gasteiger partial charge in [0.25, 0.3) is 0 Å². The van der Waals surface area contributed by atoms with Gasteiger partial charge in [-0.15, -0.1) is 0 Å². The number of rotatable bonds is 4. The predicted molar refractivity (Wildman–Crippen MR) is 53.7 cm³/mol. The van der Waals surface area contributed by atoms with Crippen molar-refractivity contribution in [1.82, 2.24) is 0 Å². The van der Waals surface area contributed by atoms with Gasteiger partial charge in [0.05, 0.1) is 12.1 Å². The van der Waals surface area contributed by atoms with E-state index in [2.05, 4.69) is 0 Å². The molecule has 5 heteroatoms. The summed E-state index contributed by atoms with van der Waals surface area (Å²) in [4.78, 5) is 21.7. The highest BCUT2D eigenvalue weighted by molar-refractivity contribution is 6.02. The van der Waals surface area contributed by atoms with E-state index >= 15 is 0 Å². The lowest BCUT2D eigenvalue weighted by Gasteiger charge is -2.04. The molecule has 5 nitrogen and oxygen atoms in total. The van der Waals surface area contributed by atoms with Crippen molar-refractivity contribution >= 4 is 17.4 Å². The monoisotopic (exact) mass is 209 g/mol. The molecule has 1 aromatic carbocycles. The number of benzene rings is 1. The van der Waals surface area contributed by atoms with Crippen molar-refractivity contribution in [3.8, 4) is 5.75 Å². The highest BCUT2D eigenvalue weighted by Crippen LogP contribution is 2.24. The van der Waals surface area contributed by atoms with E-state index in [0.717, 1.165) is 0 Å². The van der Waals surface area contributed by atoms with E-state index in [1.54, 1.807) is 0 Å². The summed E-state index contributed by atoms with van der Waals surface area (Å²) >= 11 is 0. The molecule has 0 spiro atoms. The molecule has 0 fully saturated rings. The number of para-hydroxylation sites is 1. The third-order valence-electron chi connectivity index (χ3n) is 1.95. The quantitative estimate of drug-likeness (QED) is 0.390. The number of carboxylic acid groups (broad SMARTS) is 1. The summed E-state index contributed by atoms with van der Waals surface area (Å²) in [6.45, 7) is 0. The lowest BCUT2D eigenvalue weighted by Crippen LogP contribution is -2.06. The molecule has 0 saturated heterocycles. The molecule has 0 bridgehead atoms. The lowest BCUT2D eigenvalue weighted by molar-refractivity contribution is -0.136. The minimum atomic E-state index is -1.04. The highest BCUT2D eigenvalue weighted by atomic mass is 16.4. The van der Waals surface area contributed by atoms with E-state index in [1.807, 2.05) is 0 Å². The fourth-order valence-electron chi connectivity index (χ4n) is 1.15. The first-order chi connectivity index (χ1) is 7.02. The minimum Gasteiger partial charge on any atom is -0.506 e. The lowest BCUT2D eigenvalue weighted by atomic mass is 10.0. The van der Waals surface area contributed by atoms with Crippen LogP contribution in [0.3, 0.4) is 0 Å². The molecule has 15 heavy (non-hydrogen) atoms. The average Bonchev–Trinajstić information content (AvgIpc) is 2.18. The van der Waals surface area contributed by atoms with Crippen LogP contribution in [0, 0.1) is 0 Å². The molecule has 0 atom stereocenters. The van der Waals surface area contributed by atoms with Crippen LogP contribution in [0.1, 0.15) is 23.2 Å². The first kappa shape index (κ1) is 11.0. The predicted octanol–water partition coefficient (Wildman–Crippen LogP) is 1.02. The van der Waals surface area contributed by atoms with E-state index in [-0.39, 0.29) is 35.6 Å². The molecule has 0 aromatic heterocycles. The number of anilines is 1. The van der Waals surface area contributed by atoms with Crippen LogP contribution in [0.5, 0.6) is 5.75 Å². The minimum absolute atomic E-state index is 0.00658. The van der Waals surface area contributed by atoms with Crippen LogP contribution in [0.15, 0.2) is 18.2 Å². The van der Waals surface area contributed by atoms with E-state index in [1.165, 1.54) is 18.2 Å². The molecule has 1 rings (SSSR count). The Kier molecular flexibility index (Phi) is 3.28. The fraction of sp³-hybridized carbons (Fsp3) is 0.200. The standard InChI is InChI=1S/C10H11NO4/c11-10-6(2-1-3-8(10)13)7(12)4-5-9(14)15/h1-3,13H,4-5,11H2,(H,14,15). The summed E-state index contributed by atoms with van der Waals surface area (Å²) in [6.07, 6.45) is -0.364. The number of hydrogen-bond acceptors (Lipinski definition) is 4. The Labute approximate surface area is 86.1 Å². The molecular formula is C10H11NO4. The number of Topliss-reactive ketones (excluding diaryl/α,β-unsaturated/α-hetero) is 1. The Morgan fingerprint density at radius 2 is 1.93 bits per heavy atom. The molecule has 0 aliphatic heterocycles. The van der Waals surface area contributed by atoms with Crippen LogP contribution in [0.4, 0.5) is 5.69 Å². The summed E-state index contributed by atoms with van der Waals surface area (Å²) in [6, 6.07) is 4.31. The largest absolute Gasteiger partial charge is 0.506 e. The van der Waals surface area contributed by atoms with Gasteiger partial charge in [0.1, 0.15) is 5.75 Å². The zero-order valence-electron chi connectivity index (χ0n) is 7.93. The van der Waals surface area contributed by atoms with Crippen LogP contribution >= 0.6 is 0 Å². The second-order valence-corrected chi connectivity index (χ2v) is 3.06. The highest BCUT2D eigenvalue weighted by Gasteiger charge is 2.13. The number of carboxylic acids is 1. The molecule has 0 radical (unpaired) electrons. The van der Waals surface area contributed by atoms with Crippen molar-refractivity contribution < 1.29 is 19.8 Å². The maximum atomic E-state index is 11.5. The van der Waals surface area contributed by atoms with Gasteiger partial charge in [-0.1, -0.05) is 6.07 Å². The Morgan fingerprint density at radius 1 is 1.27 bits per heavy atom. The Balaban J connectivity index is 2.82. The topological polar surface area (TPSA) is 101 Å². The van der Waals surface area contributed by atoms with Gasteiger partial charge in [-0.25, -0.2) is 0 Å². The smallest absolute Gasteiger partial charge is 0.303 e.